The molecule has 0 aliphatic carbocycles. The smallest absolute Gasteiger partial charge is 0.257 e. The molecule has 4 rings (SSSR count). The molecule has 8 heteroatoms. The summed E-state index contributed by atoms with van der Waals surface area (Å²) in [5, 5.41) is 18.8. The topological polar surface area (TPSA) is 84.7 Å². The Morgan fingerprint density at radius 1 is 0.893 bits per heavy atom. The van der Waals surface area contributed by atoms with Gasteiger partial charge >= 0.3 is 0 Å². The number of carbonyl (C=O) groups excluding carboxylic acids is 1. The monoisotopic (exact) mass is 390 g/mol. The molecule has 28 heavy (non-hydrogen) atoms. The zero-order valence-electron chi connectivity index (χ0n) is 14.6. The van der Waals surface area contributed by atoms with Crippen molar-refractivity contribution in [3.8, 4) is 5.82 Å². The number of nitrogens with zero attached hydrogens (tertiary/aromatic N) is 4. The molecule has 138 valence electrons. The largest absolute Gasteiger partial charge is 0.339 e. The molecule has 0 aliphatic rings. The Hall–Kier alpha value is -3.71. The highest BCUT2D eigenvalue weighted by atomic mass is 35.5. The summed E-state index contributed by atoms with van der Waals surface area (Å²) in [6.07, 6.45) is 3.48. The van der Waals surface area contributed by atoms with Gasteiger partial charge in [0.2, 0.25) is 0 Å². The van der Waals surface area contributed by atoms with Crippen molar-refractivity contribution in [3.63, 3.8) is 0 Å². The van der Waals surface area contributed by atoms with Crippen LogP contribution in [-0.2, 0) is 0 Å². The van der Waals surface area contributed by atoms with Crippen LogP contribution in [0.4, 0.5) is 17.2 Å². The summed E-state index contributed by atoms with van der Waals surface area (Å²) in [6, 6.07) is 19.6. The fraction of sp³-hybridized carbons (Fsp3) is 0. The van der Waals surface area contributed by atoms with Gasteiger partial charge in [-0.05, 0) is 54.6 Å². The summed E-state index contributed by atoms with van der Waals surface area (Å²) in [4.78, 5) is 12.3. The summed E-state index contributed by atoms with van der Waals surface area (Å²) in [6.45, 7) is 0. The van der Waals surface area contributed by atoms with E-state index in [1.807, 2.05) is 30.3 Å². The molecule has 0 unspecified atom stereocenters. The molecule has 2 aromatic heterocycles. The first-order valence-corrected chi connectivity index (χ1v) is 8.83. The zero-order valence-corrected chi connectivity index (χ0v) is 15.3. The Balaban J connectivity index is 1.41. The van der Waals surface area contributed by atoms with Crippen LogP contribution in [0, 0.1) is 0 Å². The lowest BCUT2D eigenvalue weighted by Gasteiger charge is -2.09. The van der Waals surface area contributed by atoms with E-state index < -0.39 is 0 Å². The van der Waals surface area contributed by atoms with Crippen LogP contribution in [0.1, 0.15) is 10.4 Å². The fourth-order valence-corrected chi connectivity index (χ4v) is 2.77. The molecule has 2 heterocycles. The lowest BCUT2D eigenvalue weighted by molar-refractivity contribution is 0.102. The molecule has 0 atom stereocenters. The number of benzene rings is 2. The number of anilines is 3. The lowest BCUT2D eigenvalue weighted by Crippen LogP contribution is -2.12. The number of aromatic nitrogens is 4. The standard InChI is InChI=1S/C20H15ClN6O/c21-17-5-2-1-4-16(17)20(28)24-15-8-6-14(7-9-15)23-18-10-11-19(26-25-18)27-13-3-12-22-27/h1-13H,(H,23,25)(H,24,28). The van der Waals surface area contributed by atoms with Crippen molar-refractivity contribution in [3.05, 3.63) is 89.7 Å². The molecule has 0 saturated carbocycles. The van der Waals surface area contributed by atoms with Crippen LogP contribution in [0.15, 0.2) is 79.1 Å². The van der Waals surface area contributed by atoms with E-state index in [2.05, 4.69) is 25.9 Å². The van der Waals surface area contributed by atoms with E-state index in [1.54, 1.807) is 53.5 Å². The number of rotatable bonds is 5. The SMILES string of the molecule is O=C(Nc1ccc(Nc2ccc(-n3cccn3)nn2)cc1)c1ccccc1Cl. The molecular formula is C20H15ClN6O. The number of carbonyl (C=O) groups is 1. The van der Waals surface area contributed by atoms with Crippen molar-refractivity contribution in [2.45, 2.75) is 0 Å². The van der Waals surface area contributed by atoms with Crippen molar-refractivity contribution < 1.29 is 4.79 Å². The van der Waals surface area contributed by atoms with Crippen LogP contribution < -0.4 is 10.6 Å². The van der Waals surface area contributed by atoms with Crippen molar-refractivity contribution >= 4 is 34.7 Å². The number of amides is 1. The van der Waals surface area contributed by atoms with E-state index in [0.29, 0.717) is 27.9 Å². The third kappa shape index (κ3) is 3.99. The number of hydrogen-bond acceptors (Lipinski definition) is 5. The Morgan fingerprint density at radius 2 is 1.68 bits per heavy atom. The number of nitrogens with one attached hydrogen (secondary N) is 2. The van der Waals surface area contributed by atoms with E-state index in [-0.39, 0.29) is 5.91 Å². The highest BCUT2D eigenvalue weighted by Crippen LogP contribution is 2.20. The Bertz CT molecular complexity index is 1080. The molecular weight excluding hydrogens is 376 g/mol. The maximum atomic E-state index is 12.3. The first-order valence-electron chi connectivity index (χ1n) is 8.46. The molecule has 1 amide bonds. The Morgan fingerprint density at radius 3 is 2.36 bits per heavy atom. The first kappa shape index (κ1) is 17.7. The highest BCUT2D eigenvalue weighted by molar-refractivity contribution is 6.34. The third-order valence-electron chi connectivity index (χ3n) is 3.92. The van der Waals surface area contributed by atoms with Gasteiger partial charge in [0.25, 0.3) is 5.91 Å². The van der Waals surface area contributed by atoms with E-state index >= 15 is 0 Å². The summed E-state index contributed by atoms with van der Waals surface area (Å²) < 4.78 is 1.63. The summed E-state index contributed by atoms with van der Waals surface area (Å²) >= 11 is 6.06. The number of hydrogen-bond donors (Lipinski definition) is 2. The minimum atomic E-state index is -0.258. The van der Waals surface area contributed by atoms with Crippen molar-refractivity contribution in [2.24, 2.45) is 0 Å². The lowest BCUT2D eigenvalue weighted by atomic mass is 10.2. The van der Waals surface area contributed by atoms with Crippen LogP contribution in [0.25, 0.3) is 5.82 Å². The van der Waals surface area contributed by atoms with E-state index in [0.717, 1.165) is 5.69 Å². The maximum absolute atomic E-state index is 12.3. The quantitative estimate of drug-likeness (QED) is 0.530. The van der Waals surface area contributed by atoms with Gasteiger partial charge in [0.05, 0.1) is 10.6 Å². The van der Waals surface area contributed by atoms with Gasteiger partial charge in [0.15, 0.2) is 11.6 Å². The molecule has 0 radical (unpaired) electrons. The van der Waals surface area contributed by atoms with Crippen LogP contribution in [0.3, 0.4) is 0 Å². The van der Waals surface area contributed by atoms with E-state index in [1.165, 1.54) is 0 Å². The van der Waals surface area contributed by atoms with Crippen molar-refractivity contribution in [2.75, 3.05) is 10.6 Å². The second kappa shape index (κ2) is 7.89. The second-order valence-electron chi connectivity index (χ2n) is 5.86. The minimum Gasteiger partial charge on any atom is -0.339 e. The zero-order chi connectivity index (χ0) is 19.3. The molecule has 0 fully saturated rings. The molecule has 0 aliphatic heterocycles. The molecule has 4 aromatic rings. The Kier molecular flexibility index (Phi) is 4.99. The fourth-order valence-electron chi connectivity index (χ4n) is 2.55. The van der Waals surface area contributed by atoms with Gasteiger partial charge in [-0.25, -0.2) is 4.68 Å². The van der Waals surface area contributed by atoms with Gasteiger partial charge in [-0.15, -0.1) is 10.2 Å². The van der Waals surface area contributed by atoms with Gasteiger partial charge in [-0.2, -0.15) is 5.10 Å². The Labute approximate surface area is 166 Å². The van der Waals surface area contributed by atoms with Crippen molar-refractivity contribution in [1.29, 1.82) is 0 Å². The maximum Gasteiger partial charge on any atom is 0.257 e. The second-order valence-corrected chi connectivity index (χ2v) is 6.27. The first-order chi connectivity index (χ1) is 13.7. The average molecular weight is 391 g/mol. The molecule has 0 spiro atoms. The minimum absolute atomic E-state index is 0.258. The normalized spacial score (nSPS) is 10.5. The summed E-state index contributed by atoms with van der Waals surface area (Å²) in [5.74, 6) is 0.975. The highest BCUT2D eigenvalue weighted by Gasteiger charge is 2.09. The van der Waals surface area contributed by atoms with Gasteiger partial charge < -0.3 is 10.6 Å². The molecule has 0 bridgehead atoms. The van der Waals surface area contributed by atoms with Crippen LogP contribution >= 0.6 is 11.6 Å². The number of halogens is 1. The van der Waals surface area contributed by atoms with E-state index in [9.17, 15) is 4.79 Å². The predicted octanol–water partition coefficient (Wildman–Crippen LogP) is 4.31. The van der Waals surface area contributed by atoms with E-state index in [4.69, 9.17) is 11.6 Å². The van der Waals surface area contributed by atoms with Crippen LogP contribution in [-0.4, -0.2) is 25.9 Å². The summed E-state index contributed by atoms with van der Waals surface area (Å²) in [5.41, 5.74) is 1.91. The average Bonchev–Trinajstić information content (AvgIpc) is 3.25. The summed E-state index contributed by atoms with van der Waals surface area (Å²) in [7, 11) is 0. The molecule has 2 aromatic carbocycles. The van der Waals surface area contributed by atoms with Gasteiger partial charge in [0.1, 0.15) is 0 Å². The third-order valence-corrected chi connectivity index (χ3v) is 4.25. The van der Waals surface area contributed by atoms with Gasteiger partial charge in [0, 0.05) is 23.8 Å². The van der Waals surface area contributed by atoms with Crippen molar-refractivity contribution in [1.82, 2.24) is 20.0 Å². The van der Waals surface area contributed by atoms with Gasteiger partial charge in [-0.1, -0.05) is 23.7 Å². The molecule has 2 N–H and O–H groups in total. The van der Waals surface area contributed by atoms with Gasteiger partial charge in [-0.3, -0.25) is 4.79 Å². The predicted molar refractivity (Wildman–Crippen MR) is 108 cm³/mol. The van der Waals surface area contributed by atoms with Crippen LogP contribution in [0.2, 0.25) is 5.02 Å². The van der Waals surface area contributed by atoms with Crippen LogP contribution in [0.5, 0.6) is 0 Å². The molecule has 7 nitrogen and oxygen atoms in total. The molecule has 0 saturated heterocycles.